The van der Waals surface area contributed by atoms with Crippen LogP contribution in [0.3, 0.4) is 0 Å². The molecule has 2 amide bonds. The van der Waals surface area contributed by atoms with Crippen molar-refractivity contribution in [2.75, 3.05) is 26.2 Å². The molecule has 7 nitrogen and oxygen atoms in total. The molecule has 1 unspecified atom stereocenters. The smallest absolute Gasteiger partial charge is 0.338 e. The molecule has 0 saturated carbocycles. The van der Waals surface area contributed by atoms with E-state index in [-0.39, 0.29) is 12.5 Å². The molecule has 0 bridgehead atoms. The van der Waals surface area contributed by atoms with Crippen LogP contribution in [-0.2, 0) is 35.3 Å². The predicted octanol–water partition coefficient (Wildman–Crippen LogP) is 7.16. The maximum atomic E-state index is 14.5. The van der Waals surface area contributed by atoms with Crippen LogP contribution in [0.15, 0.2) is 134 Å². The summed E-state index contributed by atoms with van der Waals surface area (Å²) in [5.41, 5.74) is 4.08. The first-order valence-electron chi connectivity index (χ1n) is 16.8. The van der Waals surface area contributed by atoms with Crippen LogP contribution in [0.1, 0.15) is 27.9 Å². The molecule has 1 atom stereocenters. The van der Waals surface area contributed by atoms with E-state index in [2.05, 4.69) is 14.9 Å². The molecule has 0 spiro atoms. The molecule has 6 rings (SSSR count). The largest absolute Gasteiger partial charge is 0.416 e. The van der Waals surface area contributed by atoms with E-state index in [4.69, 9.17) is 0 Å². The molecule has 1 saturated heterocycles. The zero-order valence-corrected chi connectivity index (χ0v) is 28.0. The maximum Gasteiger partial charge on any atom is 0.416 e. The van der Waals surface area contributed by atoms with E-state index < -0.39 is 23.7 Å². The van der Waals surface area contributed by atoms with Crippen LogP contribution in [0.2, 0.25) is 0 Å². The minimum atomic E-state index is -4.46. The Morgan fingerprint density at radius 3 is 2.04 bits per heavy atom. The Labute approximate surface area is 295 Å². The molecule has 1 fully saturated rings. The third-order valence-corrected chi connectivity index (χ3v) is 8.94. The van der Waals surface area contributed by atoms with Gasteiger partial charge in [0.2, 0.25) is 11.8 Å². The number of piperazine rings is 1. The van der Waals surface area contributed by atoms with E-state index in [1.54, 1.807) is 17.3 Å². The molecule has 10 heteroatoms. The lowest BCUT2D eigenvalue weighted by atomic mass is 10.0. The van der Waals surface area contributed by atoms with Crippen LogP contribution >= 0.6 is 0 Å². The van der Waals surface area contributed by atoms with Gasteiger partial charge in [-0.1, -0.05) is 78.9 Å². The number of halogens is 3. The van der Waals surface area contributed by atoms with Crippen molar-refractivity contribution in [2.45, 2.75) is 31.7 Å². The summed E-state index contributed by atoms with van der Waals surface area (Å²) in [7, 11) is 0. The van der Waals surface area contributed by atoms with Crippen LogP contribution < -0.4 is 0 Å². The standard InChI is InChI=1S/C41H38F3N5O2/c42-41(43,44)35-19-14-31(15-20-35)16-21-39(50)49(29-33-12-17-34(18-13-33)37-11-5-7-23-46-37)38(28-32-8-2-1-3-9-32)40(51)48-26-24-47(25-27-48)30-36-10-4-6-22-45-36/h1-23,38H,24-30H2. The van der Waals surface area contributed by atoms with Gasteiger partial charge in [0.05, 0.1) is 17.0 Å². The van der Waals surface area contributed by atoms with Gasteiger partial charge in [0, 0.05) is 69.7 Å². The van der Waals surface area contributed by atoms with E-state index in [9.17, 15) is 22.8 Å². The number of nitrogens with zero attached hydrogens (tertiary/aromatic N) is 5. The average molecular weight is 690 g/mol. The first kappa shape index (κ1) is 35.2. The lowest BCUT2D eigenvalue weighted by Crippen LogP contribution is -2.56. The van der Waals surface area contributed by atoms with Crippen LogP contribution in [0.5, 0.6) is 0 Å². The Bertz CT molecular complexity index is 1900. The normalized spacial score (nSPS) is 14.4. The predicted molar refractivity (Wildman–Crippen MR) is 191 cm³/mol. The van der Waals surface area contributed by atoms with Gasteiger partial charge in [0.1, 0.15) is 6.04 Å². The van der Waals surface area contributed by atoms with Gasteiger partial charge < -0.3 is 9.80 Å². The average Bonchev–Trinajstić information content (AvgIpc) is 3.16. The molecule has 0 radical (unpaired) electrons. The summed E-state index contributed by atoms with van der Waals surface area (Å²) in [5.74, 6) is -0.579. The van der Waals surface area contributed by atoms with Crippen molar-refractivity contribution in [1.82, 2.24) is 24.7 Å². The summed E-state index contributed by atoms with van der Waals surface area (Å²) in [6, 6.07) is 32.6. The van der Waals surface area contributed by atoms with Crippen LogP contribution in [0.4, 0.5) is 13.2 Å². The Morgan fingerprint density at radius 1 is 0.745 bits per heavy atom. The van der Waals surface area contributed by atoms with Crippen LogP contribution in [0.25, 0.3) is 17.3 Å². The molecule has 51 heavy (non-hydrogen) atoms. The second kappa shape index (κ2) is 16.4. The Kier molecular flexibility index (Phi) is 11.3. The molecule has 0 N–H and O–H groups in total. The molecule has 3 heterocycles. The van der Waals surface area contributed by atoms with Crippen molar-refractivity contribution in [3.63, 3.8) is 0 Å². The maximum absolute atomic E-state index is 14.5. The SMILES string of the molecule is O=C(C(Cc1ccccc1)N(Cc1ccc(-c2ccccn2)cc1)C(=O)C=Cc1ccc(C(F)(F)F)cc1)N1CCN(Cc2ccccn2)CC1. The fourth-order valence-electron chi connectivity index (χ4n) is 6.13. The van der Waals surface area contributed by atoms with E-state index in [0.717, 1.165) is 40.2 Å². The van der Waals surface area contributed by atoms with Crippen LogP contribution in [0, 0.1) is 0 Å². The van der Waals surface area contributed by atoms with Gasteiger partial charge in [-0.25, -0.2) is 0 Å². The van der Waals surface area contributed by atoms with Crippen LogP contribution in [-0.4, -0.2) is 68.7 Å². The Hall–Kier alpha value is -5.61. The summed E-state index contributed by atoms with van der Waals surface area (Å²) in [6.07, 6.45) is 2.15. The number of carbonyl (C=O) groups excluding carboxylic acids is 2. The number of aromatic nitrogens is 2. The Balaban J connectivity index is 1.28. The molecule has 260 valence electrons. The highest BCUT2D eigenvalue weighted by molar-refractivity contribution is 5.95. The summed E-state index contributed by atoms with van der Waals surface area (Å²) >= 11 is 0. The summed E-state index contributed by atoms with van der Waals surface area (Å²) in [5, 5.41) is 0. The molecular weight excluding hydrogens is 651 g/mol. The van der Waals surface area contributed by atoms with Gasteiger partial charge in [0.25, 0.3) is 0 Å². The van der Waals surface area contributed by atoms with Gasteiger partial charge in [0.15, 0.2) is 0 Å². The van der Waals surface area contributed by atoms with Gasteiger partial charge in [-0.3, -0.25) is 24.5 Å². The van der Waals surface area contributed by atoms with Crippen molar-refractivity contribution in [2.24, 2.45) is 0 Å². The van der Waals surface area contributed by atoms with Crippen molar-refractivity contribution >= 4 is 17.9 Å². The molecule has 0 aliphatic carbocycles. The number of alkyl halides is 3. The minimum Gasteiger partial charge on any atom is -0.338 e. The molecule has 3 aromatic carbocycles. The van der Waals surface area contributed by atoms with Crippen molar-refractivity contribution in [3.8, 4) is 11.3 Å². The third-order valence-electron chi connectivity index (χ3n) is 8.94. The van der Waals surface area contributed by atoms with Crippen molar-refractivity contribution < 1.29 is 22.8 Å². The zero-order valence-electron chi connectivity index (χ0n) is 28.0. The number of carbonyl (C=O) groups is 2. The highest BCUT2D eigenvalue weighted by Crippen LogP contribution is 2.29. The summed E-state index contributed by atoms with van der Waals surface area (Å²) in [6.45, 7) is 3.15. The van der Waals surface area contributed by atoms with Gasteiger partial charge in [-0.2, -0.15) is 13.2 Å². The second-order valence-corrected chi connectivity index (χ2v) is 12.5. The van der Waals surface area contributed by atoms with Crippen molar-refractivity contribution in [1.29, 1.82) is 0 Å². The fraction of sp³-hybridized carbons (Fsp3) is 0.220. The Morgan fingerprint density at radius 2 is 1.41 bits per heavy atom. The lowest BCUT2D eigenvalue weighted by Gasteiger charge is -2.39. The highest BCUT2D eigenvalue weighted by atomic mass is 19.4. The zero-order chi connectivity index (χ0) is 35.6. The molecular formula is C41H38F3N5O2. The number of rotatable bonds is 11. The van der Waals surface area contributed by atoms with Crippen molar-refractivity contribution in [3.05, 3.63) is 162 Å². The topological polar surface area (TPSA) is 69.6 Å². The number of hydrogen-bond acceptors (Lipinski definition) is 5. The molecule has 2 aromatic heterocycles. The van der Waals surface area contributed by atoms with Gasteiger partial charge >= 0.3 is 6.18 Å². The summed E-state index contributed by atoms with van der Waals surface area (Å²) in [4.78, 5) is 43.2. The quantitative estimate of drug-likeness (QED) is 0.138. The number of benzene rings is 3. The number of pyridine rings is 2. The molecule has 5 aromatic rings. The molecule has 1 aliphatic rings. The number of hydrogen-bond donors (Lipinski definition) is 0. The lowest BCUT2D eigenvalue weighted by molar-refractivity contribution is -0.145. The minimum absolute atomic E-state index is 0.140. The first-order valence-corrected chi connectivity index (χ1v) is 16.8. The van der Waals surface area contributed by atoms with E-state index in [1.807, 2.05) is 95.9 Å². The molecule has 1 aliphatic heterocycles. The fourth-order valence-corrected chi connectivity index (χ4v) is 6.13. The van der Waals surface area contributed by atoms with E-state index in [0.29, 0.717) is 44.7 Å². The highest BCUT2D eigenvalue weighted by Gasteiger charge is 2.34. The van der Waals surface area contributed by atoms with E-state index >= 15 is 0 Å². The second-order valence-electron chi connectivity index (χ2n) is 12.5. The third kappa shape index (κ3) is 9.55. The van der Waals surface area contributed by atoms with Gasteiger partial charge in [-0.05, 0) is 59.2 Å². The monoisotopic (exact) mass is 689 g/mol. The summed E-state index contributed by atoms with van der Waals surface area (Å²) < 4.78 is 39.5. The van der Waals surface area contributed by atoms with E-state index in [1.165, 1.54) is 24.3 Å². The first-order chi connectivity index (χ1) is 24.7. The van der Waals surface area contributed by atoms with Gasteiger partial charge in [-0.15, -0.1) is 0 Å². The number of amides is 2.